The number of non-ortho nitro benzene ring substituents is 1. The molecule has 1 aromatic heterocycles. The lowest BCUT2D eigenvalue weighted by molar-refractivity contribution is -0.384. The number of carbonyl (C=O) groups is 2. The highest BCUT2D eigenvalue weighted by atomic mass is 35.5. The maximum atomic E-state index is 13.4. The Hall–Kier alpha value is -4.17. The lowest BCUT2D eigenvalue weighted by Crippen LogP contribution is -2.28. The summed E-state index contributed by atoms with van der Waals surface area (Å²) in [7, 11) is 1.27. The Balaban J connectivity index is 1.67. The second-order valence-electron chi connectivity index (χ2n) is 7.87. The molecule has 1 N–H and O–H groups in total. The van der Waals surface area contributed by atoms with Gasteiger partial charge in [-0.3, -0.25) is 14.9 Å². The third kappa shape index (κ3) is 3.22. The maximum absolute atomic E-state index is 13.4. The van der Waals surface area contributed by atoms with Crippen LogP contribution in [0.2, 0.25) is 5.02 Å². The van der Waals surface area contributed by atoms with Crippen molar-refractivity contribution in [3.05, 3.63) is 103 Å². The van der Waals surface area contributed by atoms with Crippen LogP contribution in [-0.4, -0.2) is 23.8 Å². The second kappa shape index (κ2) is 8.00. The molecule has 1 aliphatic carbocycles. The number of fused-ring (bicyclic) bond motifs is 2. The molecule has 0 fully saturated rings. The minimum Gasteiger partial charge on any atom is -0.466 e. The molecular weight excluding hydrogens is 460 g/mol. The molecule has 1 unspecified atom stereocenters. The van der Waals surface area contributed by atoms with E-state index in [0.29, 0.717) is 33.9 Å². The highest BCUT2D eigenvalue weighted by Gasteiger charge is 2.44. The molecule has 170 valence electrons. The molecule has 0 amide bonds. The van der Waals surface area contributed by atoms with Gasteiger partial charge in [-0.15, -0.1) is 0 Å². The molecule has 8 nitrogen and oxygen atoms in total. The summed E-state index contributed by atoms with van der Waals surface area (Å²) in [5.41, 5.74) is 3.21. The van der Waals surface area contributed by atoms with Gasteiger partial charge in [-0.05, 0) is 25.1 Å². The Labute approximate surface area is 198 Å². The summed E-state index contributed by atoms with van der Waals surface area (Å²) in [6.07, 6.45) is 0. The summed E-state index contributed by atoms with van der Waals surface area (Å²) in [5, 5.41) is 14.7. The summed E-state index contributed by atoms with van der Waals surface area (Å²) in [5.74, 6) is -1.07. The normalized spacial score (nSPS) is 16.8. The van der Waals surface area contributed by atoms with Crippen LogP contribution in [0.15, 0.2) is 75.9 Å². The third-order valence-corrected chi connectivity index (χ3v) is 6.32. The van der Waals surface area contributed by atoms with Crippen molar-refractivity contribution < 1.29 is 23.7 Å². The number of dihydropyridines is 1. The molecule has 1 aliphatic heterocycles. The Morgan fingerprint density at radius 1 is 1.12 bits per heavy atom. The first-order chi connectivity index (χ1) is 16.3. The number of allylic oxidation sites excluding steroid dienone is 2. The Morgan fingerprint density at radius 3 is 2.56 bits per heavy atom. The molecule has 0 radical (unpaired) electrons. The lowest BCUT2D eigenvalue weighted by Gasteiger charge is -2.27. The number of ether oxygens (including phenoxy) is 1. The van der Waals surface area contributed by atoms with Crippen LogP contribution in [0.5, 0.6) is 0 Å². The standard InChI is InChI=1S/C25H17ClN2O6/c1-12-20(25(30)33-2)21(22-23(27-12)14-5-3-4-6-15(14)24(22)29)19-10-9-18(34-19)16-11-13(28(31)32)7-8-17(16)26/h3-11,21,27H,1-2H3. The summed E-state index contributed by atoms with van der Waals surface area (Å²) in [4.78, 5) is 36.9. The number of nitro benzene ring substituents is 1. The molecule has 34 heavy (non-hydrogen) atoms. The van der Waals surface area contributed by atoms with Crippen molar-refractivity contribution in [3.63, 3.8) is 0 Å². The predicted octanol–water partition coefficient (Wildman–Crippen LogP) is 5.25. The highest BCUT2D eigenvalue weighted by molar-refractivity contribution is 6.33. The fourth-order valence-electron chi connectivity index (χ4n) is 4.46. The van der Waals surface area contributed by atoms with Crippen molar-refractivity contribution in [2.75, 3.05) is 7.11 Å². The molecular formula is C25H17ClN2O6. The van der Waals surface area contributed by atoms with Gasteiger partial charge >= 0.3 is 5.97 Å². The van der Waals surface area contributed by atoms with Crippen molar-refractivity contribution in [1.29, 1.82) is 0 Å². The molecule has 2 heterocycles. The van der Waals surface area contributed by atoms with E-state index < -0.39 is 16.8 Å². The number of rotatable bonds is 4. The van der Waals surface area contributed by atoms with E-state index in [4.69, 9.17) is 20.8 Å². The van der Waals surface area contributed by atoms with Crippen LogP contribution < -0.4 is 5.32 Å². The van der Waals surface area contributed by atoms with Crippen molar-refractivity contribution in [3.8, 4) is 11.3 Å². The molecule has 3 aromatic rings. The van der Waals surface area contributed by atoms with Crippen molar-refractivity contribution in [1.82, 2.24) is 5.32 Å². The first-order valence-electron chi connectivity index (χ1n) is 10.3. The van der Waals surface area contributed by atoms with Crippen molar-refractivity contribution in [2.45, 2.75) is 12.8 Å². The smallest absolute Gasteiger partial charge is 0.336 e. The molecule has 0 bridgehead atoms. The fourth-order valence-corrected chi connectivity index (χ4v) is 4.67. The van der Waals surface area contributed by atoms with Crippen LogP contribution in [0.25, 0.3) is 17.0 Å². The van der Waals surface area contributed by atoms with Gasteiger partial charge in [0, 0.05) is 40.1 Å². The van der Waals surface area contributed by atoms with Gasteiger partial charge in [0.1, 0.15) is 11.5 Å². The predicted molar refractivity (Wildman–Crippen MR) is 124 cm³/mol. The Bertz CT molecular complexity index is 1470. The minimum atomic E-state index is -0.838. The highest BCUT2D eigenvalue weighted by Crippen LogP contribution is 2.47. The average Bonchev–Trinajstić information content (AvgIpc) is 3.42. The van der Waals surface area contributed by atoms with Gasteiger partial charge in [0.25, 0.3) is 5.69 Å². The molecule has 5 rings (SSSR count). The van der Waals surface area contributed by atoms with E-state index in [1.807, 2.05) is 12.1 Å². The van der Waals surface area contributed by atoms with E-state index in [0.717, 1.165) is 5.56 Å². The molecule has 1 atom stereocenters. The van der Waals surface area contributed by atoms with E-state index in [1.54, 1.807) is 31.2 Å². The number of halogens is 1. The zero-order valence-corrected chi connectivity index (χ0v) is 18.8. The first-order valence-corrected chi connectivity index (χ1v) is 10.7. The zero-order chi connectivity index (χ0) is 24.1. The van der Waals surface area contributed by atoms with E-state index in [2.05, 4.69) is 5.32 Å². The topological polar surface area (TPSA) is 112 Å². The SMILES string of the molecule is COC(=O)C1=C(C)NC2=C(C(=O)c3ccccc32)C1c1ccc(-c2cc([N+](=O)[O-])ccc2Cl)o1. The van der Waals surface area contributed by atoms with Gasteiger partial charge in [-0.2, -0.15) is 0 Å². The van der Waals surface area contributed by atoms with E-state index in [9.17, 15) is 19.7 Å². The molecule has 0 spiro atoms. The second-order valence-corrected chi connectivity index (χ2v) is 8.28. The van der Waals surface area contributed by atoms with E-state index >= 15 is 0 Å². The molecule has 2 aliphatic rings. The zero-order valence-electron chi connectivity index (χ0n) is 18.0. The summed E-state index contributed by atoms with van der Waals surface area (Å²) in [6.45, 7) is 1.73. The van der Waals surface area contributed by atoms with Gasteiger partial charge in [0.2, 0.25) is 0 Å². The lowest BCUT2D eigenvalue weighted by atomic mass is 9.83. The maximum Gasteiger partial charge on any atom is 0.336 e. The number of Topliss-reactive ketones (excluding diaryl/α,β-unsaturated/α-hetero) is 1. The number of nitro groups is 1. The minimum absolute atomic E-state index is 0.142. The number of methoxy groups -OCH3 is 1. The monoisotopic (exact) mass is 476 g/mol. The first kappa shape index (κ1) is 21.7. The van der Waals surface area contributed by atoms with E-state index in [-0.39, 0.29) is 27.8 Å². The molecule has 0 saturated heterocycles. The number of nitrogens with one attached hydrogen (secondary N) is 1. The van der Waals surface area contributed by atoms with Crippen LogP contribution in [0.3, 0.4) is 0 Å². The summed E-state index contributed by atoms with van der Waals surface area (Å²) >= 11 is 6.29. The number of esters is 1. The Morgan fingerprint density at radius 2 is 1.85 bits per heavy atom. The van der Waals surface area contributed by atoms with Crippen molar-refractivity contribution >= 4 is 34.7 Å². The van der Waals surface area contributed by atoms with Crippen LogP contribution in [0.1, 0.15) is 34.5 Å². The number of furan rings is 1. The average molecular weight is 477 g/mol. The van der Waals surface area contributed by atoms with Gasteiger partial charge in [-0.25, -0.2) is 4.79 Å². The third-order valence-electron chi connectivity index (χ3n) is 5.99. The van der Waals surface area contributed by atoms with Gasteiger partial charge in [-0.1, -0.05) is 35.9 Å². The summed E-state index contributed by atoms with van der Waals surface area (Å²) in [6, 6.07) is 14.5. The van der Waals surface area contributed by atoms with Gasteiger partial charge in [0.15, 0.2) is 5.78 Å². The van der Waals surface area contributed by atoms with Crippen LogP contribution in [-0.2, 0) is 9.53 Å². The van der Waals surface area contributed by atoms with Crippen LogP contribution >= 0.6 is 11.6 Å². The van der Waals surface area contributed by atoms with Gasteiger partial charge < -0.3 is 14.5 Å². The fraction of sp³-hybridized carbons (Fsp3) is 0.120. The number of hydrogen-bond donors (Lipinski definition) is 1. The number of carbonyl (C=O) groups excluding carboxylic acids is 2. The quantitative estimate of drug-likeness (QED) is 0.311. The van der Waals surface area contributed by atoms with Gasteiger partial charge in [0.05, 0.1) is 34.2 Å². The van der Waals surface area contributed by atoms with Crippen LogP contribution in [0.4, 0.5) is 5.69 Å². The molecule has 2 aromatic carbocycles. The molecule has 9 heteroatoms. The van der Waals surface area contributed by atoms with Crippen LogP contribution in [0, 0.1) is 10.1 Å². The number of ketones is 1. The van der Waals surface area contributed by atoms with E-state index in [1.165, 1.54) is 25.3 Å². The largest absolute Gasteiger partial charge is 0.466 e. The summed E-state index contributed by atoms with van der Waals surface area (Å²) < 4.78 is 11.1. The number of nitrogens with zero attached hydrogens (tertiary/aromatic N) is 1. The Kier molecular flexibility index (Phi) is 5.10. The van der Waals surface area contributed by atoms with Crippen molar-refractivity contribution in [2.24, 2.45) is 0 Å². The number of benzene rings is 2. The number of hydrogen-bond acceptors (Lipinski definition) is 7. The molecule has 0 saturated carbocycles.